The molecule has 4 aliphatic heterocycles. The van der Waals surface area contributed by atoms with Crippen LogP contribution in [0.5, 0.6) is 0 Å². The van der Waals surface area contributed by atoms with Gasteiger partial charge < -0.3 is 57.1 Å². The number of nitrogens with one attached hydrogen (secondary N) is 2. The van der Waals surface area contributed by atoms with Crippen LogP contribution in [0.15, 0.2) is 60.8 Å². The van der Waals surface area contributed by atoms with Gasteiger partial charge in [0.15, 0.2) is 45.3 Å². The van der Waals surface area contributed by atoms with Crippen LogP contribution < -0.4 is 10.6 Å². The van der Waals surface area contributed by atoms with E-state index in [-0.39, 0.29) is 49.4 Å². The van der Waals surface area contributed by atoms with Crippen molar-refractivity contribution in [3.8, 4) is 0 Å². The first-order valence-corrected chi connectivity index (χ1v) is 42.5. The summed E-state index contributed by atoms with van der Waals surface area (Å²) in [5, 5.41) is 20.2. The topological polar surface area (TPSA) is 182 Å². The number of carbonyl (C=O) groups is 3. The number of esters is 1. The molecule has 0 aromatic rings. The van der Waals surface area contributed by atoms with Crippen molar-refractivity contribution >= 4 is 51.1 Å². The Bertz CT molecular complexity index is 2050. The summed E-state index contributed by atoms with van der Waals surface area (Å²) in [6, 6.07) is 9.93. The highest BCUT2D eigenvalue weighted by atomic mass is 28.4. The standard InChI is InChI=1S/C63H114N2O13Si4/c1-17-30-42-64-61(68)57-54-43-50(72-62-60(78-82(27-11,28-12)29-13)58(65-49(16)66)59(48(15)71-62)77-81(24-8,25-9)26-10)39-37-35-33-31-32-34-36-38-47(14)70-56(67)41-40-52-53(73-52)44-51(75-79(18-2,19-3)20-4)45-63(69,74-54)46-55(57)76-80(21-5,22-6)23-7/h31-37,39-41,47-48,50-55,57-60,62,69H,17-30,38,42-46H2,1-16H3,(H,64,68)(H,65,66)/b32-31+,35-33+,36-34+,39-37+,41-40+/t47-,48-,50+,51+,52-,53-,54+,55+,57+,58+,59-,60+,62+,63-/m1/s1. The number of fused-ring (bicyclic) bond motifs is 3. The predicted octanol–water partition coefficient (Wildman–Crippen LogP) is 13.2. The van der Waals surface area contributed by atoms with Crippen LogP contribution in [0.25, 0.3) is 0 Å². The molecular weight excluding hydrogens is 1110 g/mol. The van der Waals surface area contributed by atoms with Crippen molar-refractivity contribution in [2.75, 3.05) is 6.54 Å². The normalized spacial score (nSPS) is 32.9. The Kier molecular flexibility index (Phi) is 30.6. The van der Waals surface area contributed by atoms with E-state index >= 15 is 4.79 Å². The summed E-state index contributed by atoms with van der Waals surface area (Å²) in [6.45, 7) is 34.4. The monoisotopic (exact) mass is 1220 g/mol. The van der Waals surface area contributed by atoms with E-state index in [4.69, 9.17) is 41.4 Å². The number of allylic oxidation sites excluding steroid dienone is 6. The maximum atomic E-state index is 15.2. The summed E-state index contributed by atoms with van der Waals surface area (Å²) in [7, 11) is -9.50. The van der Waals surface area contributed by atoms with Crippen molar-refractivity contribution in [1.82, 2.24) is 10.6 Å². The maximum absolute atomic E-state index is 15.2. The van der Waals surface area contributed by atoms with E-state index in [9.17, 15) is 14.7 Å². The minimum atomic E-state index is -2.46. The van der Waals surface area contributed by atoms with Gasteiger partial charge in [-0.1, -0.05) is 145 Å². The largest absolute Gasteiger partial charge is 0.459 e. The molecule has 0 spiro atoms. The van der Waals surface area contributed by atoms with E-state index in [2.05, 4.69) is 101 Å². The molecule has 4 aliphatic rings. The van der Waals surface area contributed by atoms with Gasteiger partial charge in [0.2, 0.25) is 11.8 Å². The molecule has 0 radical (unpaired) electrons. The van der Waals surface area contributed by atoms with Gasteiger partial charge in [-0.3, -0.25) is 9.59 Å². The average Bonchev–Trinajstić information content (AvgIpc) is 4.19. The van der Waals surface area contributed by atoms with Crippen molar-refractivity contribution in [2.45, 2.75) is 307 Å². The molecule has 14 atom stereocenters. The van der Waals surface area contributed by atoms with Crippen molar-refractivity contribution in [2.24, 2.45) is 5.92 Å². The van der Waals surface area contributed by atoms with Gasteiger partial charge in [-0.25, -0.2) is 4.79 Å². The van der Waals surface area contributed by atoms with Gasteiger partial charge in [-0.05, 0) is 98.9 Å². The second-order valence-corrected chi connectivity index (χ2v) is 42.8. The van der Waals surface area contributed by atoms with Gasteiger partial charge in [-0.2, -0.15) is 0 Å². The molecule has 4 rings (SSSR count). The summed E-state index contributed by atoms with van der Waals surface area (Å²) in [5.41, 5.74) is 0. The van der Waals surface area contributed by atoms with Crippen LogP contribution in [0.2, 0.25) is 72.5 Å². The summed E-state index contributed by atoms with van der Waals surface area (Å²) >= 11 is 0. The lowest BCUT2D eigenvalue weighted by Crippen LogP contribution is -2.68. The van der Waals surface area contributed by atoms with Crippen LogP contribution in [0, 0.1) is 5.92 Å². The highest BCUT2D eigenvalue weighted by Gasteiger charge is 2.56. The summed E-state index contributed by atoms with van der Waals surface area (Å²) < 4.78 is 63.5. The number of epoxide rings is 1. The SMILES string of the molecule is CCCCNC(=O)[C@H]1[C@@H]2C[C@@H](O[C@@H]3O[C@H](C)[C@@H](O[Si](CC)(CC)CC)[C@H](NC(C)=O)[C@@H]3O[Si](CC)(CC)CC)/C=C/C=C/C=C/C=C/C[C@@H](C)OC(=O)/C=C/[C@H]3O[C@@H]3C[C@H](O[Si](CC)(CC)CC)C[C@](O)(C[C@@H]1O[Si](CC)(CC)CC)O2. The highest BCUT2D eigenvalue weighted by Crippen LogP contribution is 2.45. The van der Waals surface area contributed by atoms with Crippen molar-refractivity contribution in [3.63, 3.8) is 0 Å². The van der Waals surface area contributed by atoms with Crippen LogP contribution in [0.3, 0.4) is 0 Å². The van der Waals surface area contributed by atoms with E-state index in [1.807, 2.05) is 62.5 Å². The number of cyclic esters (lactones) is 1. The van der Waals surface area contributed by atoms with Crippen LogP contribution in [0.4, 0.5) is 0 Å². The fraction of sp³-hybridized carbons (Fsp3) is 0.794. The summed E-state index contributed by atoms with van der Waals surface area (Å²) in [6.07, 6.45) is 15.2. The minimum absolute atomic E-state index is 0.0570. The zero-order chi connectivity index (χ0) is 60.7. The molecule has 0 aliphatic carbocycles. The van der Waals surface area contributed by atoms with Crippen molar-refractivity contribution in [3.05, 3.63) is 60.8 Å². The van der Waals surface area contributed by atoms with Crippen LogP contribution in [-0.2, 0) is 55.8 Å². The Morgan fingerprint density at radius 3 is 1.76 bits per heavy atom. The minimum Gasteiger partial charge on any atom is -0.459 e. The van der Waals surface area contributed by atoms with Gasteiger partial charge in [0.25, 0.3) is 0 Å². The fourth-order valence-corrected chi connectivity index (χ4v) is 24.1. The molecule has 0 aromatic carbocycles. The number of aliphatic hydroxyl groups is 1. The van der Waals surface area contributed by atoms with E-state index in [0.29, 0.717) is 19.4 Å². The Balaban J connectivity index is 2.02. The molecule has 2 amide bonds. The maximum Gasteiger partial charge on any atom is 0.330 e. The number of rotatable bonds is 27. The molecular formula is C63H114N2O13Si4. The average molecular weight is 1220 g/mol. The zero-order valence-electron chi connectivity index (χ0n) is 53.8. The van der Waals surface area contributed by atoms with Crippen LogP contribution >= 0.6 is 0 Å². The lowest BCUT2D eigenvalue weighted by atomic mass is 9.82. The summed E-state index contributed by atoms with van der Waals surface area (Å²) in [4.78, 5) is 41.7. The van der Waals surface area contributed by atoms with Crippen molar-refractivity contribution in [1.29, 1.82) is 0 Å². The second kappa shape index (κ2) is 34.8. The number of hydrogen-bond donors (Lipinski definition) is 3. The first kappa shape index (κ1) is 72.1. The molecule has 0 saturated carbocycles. The Morgan fingerprint density at radius 2 is 1.20 bits per heavy atom. The van der Waals surface area contributed by atoms with Crippen molar-refractivity contribution < 1.29 is 60.9 Å². The lowest BCUT2D eigenvalue weighted by molar-refractivity contribution is -0.304. The number of unbranched alkanes of at least 4 members (excludes halogenated alkanes) is 1. The molecule has 4 heterocycles. The smallest absolute Gasteiger partial charge is 0.330 e. The summed E-state index contributed by atoms with van der Waals surface area (Å²) in [5.74, 6) is -3.44. The molecule has 0 aromatic heterocycles. The van der Waals surface area contributed by atoms with Crippen LogP contribution in [-0.4, -0.2) is 142 Å². The number of carbonyl (C=O) groups excluding carboxylic acids is 3. The lowest BCUT2D eigenvalue weighted by Gasteiger charge is -2.51. The molecule has 3 fully saturated rings. The van der Waals surface area contributed by atoms with E-state index in [1.54, 1.807) is 13.0 Å². The third kappa shape index (κ3) is 20.6. The van der Waals surface area contributed by atoms with E-state index in [0.717, 1.165) is 85.4 Å². The molecule has 2 bridgehead atoms. The van der Waals surface area contributed by atoms with Gasteiger partial charge in [0.05, 0.1) is 54.7 Å². The molecule has 0 unspecified atom stereocenters. The molecule has 3 N–H and O–H groups in total. The Morgan fingerprint density at radius 1 is 0.659 bits per heavy atom. The predicted molar refractivity (Wildman–Crippen MR) is 339 cm³/mol. The number of amides is 2. The Labute approximate surface area is 500 Å². The number of ether oxygens (including phenoxy) is 5. The molecule has 15 nitrogen and oxygen atoms in total. The molecule has 82 heavy (non-hydrogen) atoms. The second-order valence-electron chi connectivity index (χ2n) is 23.9. The zero-order valence-corrected chi connectivity index (χ0v) is 57.8. The van der Waals surface area contributed by atoms with E-state index < -0.39 is 106 Å². The van der Waals surface area contributed by atoms with Crippen LogP contribution in [0.1, 0.15) is 156 Å². The molecule has 3 saturated heterocycles. The van der Waals surface area contributed by atoms with Gasteiger partial charge in [-0.15, -0.1) is 0 Å². The van der Waals surface area contributed by atoms with E-state index in [1.165, 1.54) is 6.08 Å². The first-order valence-electron chi connectivity index (χ1n) is 32.3. The van der Waals surface area contributed by atoms with Gasteiger partial charge in [0, 0.05) is 51.6 Å². The molecule has 19 heteroatoms. The van der Waals surface area contributed by atoms with Gasteiger partial charge >= 0.3 is 5.97 Å². The first-order chi connectivity index (χ1) is 39.2. The highest BCUT2D eigenvalue weighted by molar-refractivity contribution is 6.74. The third-order valence-corrected chi connectivity index (χ3v) is 37.6. The number of hydrogen-bond acceptors (Lipinski definition) is 13. The van der Waals surface area contributed by atoms with Gasteiger partial charge in [0.1, 0.15) is 18.3 Å². The third-order valence-electron chi connectivity index (χ3n) is 19.0. The quantitative estimate of drug-likeness (QED) is 0.0306. The fourth-order valence-electron chi connectivity index (χ4n) is 12.6. The Hall–Kier alpha value is -2.38. The molecule has 470 valence electrons.